The van der Waals surface area contributed by atoms with Gasteiger partial charge in [0.2, 0.25) is 0 Å². The topological polar surface area (TPSA) is 47.3 Å². The third-order valence-electron chi connectivity index (χ3n) is 3.03. The number of benzene rings is 2. The lowest BCUT2D eigenvalue weighted by Gasteiger charge is -2.15. The van der Waals surface area contributed by atoms with Gasteiger partial charge in [-0.25, -0.2) is 0 Å². The minimum absolute atomic E-state index is 0.389. The zero-order valence-corrected chi connectivity index (χ0v) is 12.5. The summed E-state index contributed by atoms with van der Waals surface area (Å²) in [5, 5.41) is 3.39. The Balaban J connectivity index is 2.37. The maximum absolute atomic E-state index is 5.80. The molecule has 0 radical (unpaired) electrons. The van der Waals surface area contributed by atoms with Crippen LogP contribution in [0.2, 0.25) is 0 Å². The summed E-state index contributed by atoms with van der Waals surface area (Å²) < 4.78 is 5.21. The van der Waals surface area contributed by atoms with Gasteiger partial charge in [-0.2, -0.15) is 0 Å². The van der Waals surface area contributed by atoms with E-state index in [-0.39, 0.29) is 0 Å². The van der Waals surface area contributed by atoms with Gasteiger partial charge in [-0.15, -0.1) is 0 Å². The average Bonchev–Trinajstić information content (AvgIpc) is 2.43. The number of ether oxygens (including phenoxy) is 1. The van der Waals surface area contributed by atoms with Gasteiger partial charge in [0.25, 0.3) is 0 Å². The predicted molar refractivity (Wildman–Crippen MR) is 87.5 cm³/mol. The van der Waals surface area contributed by atoms with E-state index in [2.05, 4.69) is 5.32 Å². The largest absolute Gasteiger partial charge is 0.389 e. The fourth-order valence-corrected chi connectivity index (χ4v) is 2.21. The number of aryl methyl sites for hydroxylation is 1. The molecule has 0 aliphatic carbocycles. The fourth-order valence-electron chi connectivity index (χ4n) is 2.04. The first-order valence-electron chi connectivity index (χ1n) is 6.36. The average molecular weight is 286 g/mol. The SMILES string of the molecule is COCc1ccccc1Nc1ccc(C)cc1C(N)=S. The molecule has 0 atom stereocenters. The van der Waals surface area contributed by atoms with Crippen molar-refractivity contribution in [3.05, 3.63) is 59.2 Å². The Morgan fingerprint density at radius 1 is 1.20 bits per heavy atom. The van der Waals surface area contributed by atoms with Gasteiger partial charge in [-0.1, -0.05) is 42.0 Å². The monoisotopic (exact) mass is 286 g/mol. The molecule has 0 aliphatic rings. The van der Waals surface area contributed by atoms with E-state index in [1.165, 1.54) is 0 Å². The van der Waals surface area contributed by atoms with Crippen LogP contribution in [0.5, 0.6) is 0 Å². The number of methoxy groups -OCH3 is 1. The van der Waals surface area contributed by atoms with Crippen LogP contribution in [0.4, 0.5) is 11.4 Å². The van der Waals surface area contributed by atoms with Crippen LogP contribution >= 0.6 is 12.2 Å². The quantitative estimate of drug-likeness (QED) is 0.826. The van der Waals surface area contributed by atoms with Crippen LogP contribution < -0.4 is 11.1 Å². The number of nitrogens with one attached hydrogen (secondary N) is 1. The second-order valence-electron chi connectivity index (χ2n) is 4.63. The predicted octanol–water partition coefficient (Wildman–Crippen LogP) is 3.52. The zero-order chi connectivity index (χ0) is 14.5. The van der Waals surface area contributed by atoms with Crippen molar-refractivity contribution in [1.29, 1.82) is 0 Å². The molecule has 2 aromatic rings. The van der Waals surface area contributed by atoms with Gasteiger partial charge in [0, 0.05) is 29.6 Å². The highest BCUT2D eigenvalue weighted by Gasteiger charge is 2.08. The summed E-state index contributed by atoms with van der Waals surface area (Å²) in [6.45, 7) is 2.57. The van der Waals surface area contributed by atoms with E-state index in [1.807, 2.05) is 49.4 Å². The normalized spacial score (nSPS) is 10.3. The van der Waals surface area contributed by atoms with Gasteiger partial charge in [0.1, 0.15) is 4.99 Å². The Kier molecular flexibility index (Phi) is 4.71. The van der Waals surface area contributed by atoms with E-state index >= 15 is 0 Å². The van der Waals surface area contributed by atoms with Crippen LogP contribution in [0.3, 0.4) is 0 Å². The molecule has 4 heteroatoms. The second-order valence-corrected chi connectivity index (χ2v) is 5.07. The van der Waals surface area contributed by atoms with Crippen LogP contribution in [-0.2, 0) is 11.3 Å². The van der Waals surface area contributed by atoms with Crippen molar-refractivity contribution in [3.63, 3.8) is 0 Å². The standard InChI is InChI=1S/C16H18N2OS/c1-11-7-8-15(13(9-11)16(17)20)18-14-6-4-3-5-12(14)10-19-2/h3-9,18H,10H2,1-2H3,(H2,17,20). The molecular weight excluding hydrogens is 268 g/mol. The lowest BCUT2D eigenvalue weighted by Crippen LogP contribution is -2.12. The minimum atomic E-state index is 0.389. The molecule has 0 unspecified atom stereocenters. The molecule has 3 nitrogen and oxygen atoms in total. The number of anilines is 2. The van der Waals surface area contributed by atoms with E-state index in [0.717, 1.165) is 28.1 Å². The van der Waals surface area contributed by atoms with Crippen molar-refractivity contribution in [2.24, 2.45) is 5.73 Å². The zero-order valence-electron chi connectivity index (χ0n) is 11.6. The number of hydrogen-bond acceptors (Lipinski definition) is 3. The Morgan fingerprint density at radius 2 is 1.95 bits per heavy atom. The molecular formula is C16H18N2OS. The lowest BCUT2D eigenvalue weighted by atomic mass is 10.1. The highest BCUT2D eigenvalue weighted by Crippen LogP contribution is 2.25. The molecule has 0 bridgehead atoms. The molecule has 0 amide bonds. The van der Waals surface area contributed by atoms with Crippen molar-refractivity contribution in [3.8, 4) is 0 Å². The van der Waals surface area contributed by atoms with Crippen molar-refractivity contribution in [2.75, 3.05) is 12.4 Å². The number of para-hydroxylation sites is 1. The summed E-state index contributed by atoms with van der Waals surface area (Å²) in [4.78, 5) is 0.389. The molecule has 3 N–H and O–H groups in total. The summed E-state index contributed by atoms with van der Waals surface area (Å²) in [5.41, 5.74) is 10.8. The van der Waals surface area contributed by atoms with E-state index in [9.17, 15) is 0 Å². The Bertz CT molecular complexity index is 626. The van der Waals surface area contributed by atoms with Crippen LogP contribution in [0.25, 0.3) is 0 Å². The molecule has 0 saturated carbocycles. The maximum atomic E-state index is 5.80. The van der Waals surface area contributed by atoms with E-state index in [0.29, 0.717) is 11.6 Å². The molecule has 0 saturated heterocycles. The van der Waals surface area contributed by atoms with Gasteiger partial charge in [-0.05, 0) is 25.1 Å². The summed E-state index contributed by atoms with van der Waals surface area (Å²) in [7, 11) is 1.68. The summed E-state index contributed by atoms with van der Waals surface area (Å²) in [6.07, 6.45) is 0. The fraction of sp³-hybridized carbons (Fsp3) is 0.188. The van der Waals surface area contributed by atoms with E-state index < -0.39 is 0 Å². The third kappa shape index (κ3) is 3.35. The van der Waals surface area contributed by atoms with Crippen LogP contribution in [0.15, 0.2) is 42.5 Å². The lowest BCUT2D eigenvalue weighted by molar-refractivity contribution is 0.185. The Morgan fingerprint density at radius 3 is 2.65 bits per heavy atom. The van der Waals surface area contributed by atoms with Crippen molar-refractivity contribution in [1.82, 2.24) is 0 Å². The maximum Gasteiger partial charge on any atom is 0.106 e. The third-order valence-corrected chi connectivity index (χ3v) is 3.25. The summed E-state index contributed by atoms with van der Waals surface area (Å²) in [6, 6.07) is 14.0. The number of rotatable bonds is 5. The van der Waals surface area contributed by atoms with Gasteiger partial charge in [-0.3, -0.25) is 0 Å². The van der Waals surface area contributed by atoms with Crippen LogP contribution in [0.1, 0.15) is 16.7 Å². The first-order valence-corrected chi connectivity index (χ1v) is 6.77. The van der Waals surface area contributed by atoms with E-state index in [4.69, 9.17) is 22.7 Å². The molecule has 0 heterocycles. The Hall–Kier alpha value is -1.91. The molecule has 20 heavy (non-hydrogen) atoms. The van der Waals surface area contributed by atoms with Crippen molar-refractivity contribution < 1.29 is 4.74 Å². The van der Waals surface area contributed by atoms with E-state index in [1.54, 1.807) is 7.11 Å². The van der Waals surface area contributed by atoms with Crippen LogP contribution in [0, 0.1) is 6.92 Å². The van der Waals surface area contributed by atoms with Crippen molar-refractivity contribution in [2.45, 2.75) is 13.5 Å². The van der Waals surface area contributed by atoms with Gasteiger partial charge in [0.15, 0.2) is 0 Å². The molecule has 2 aromatic carbocycles. The molecule has 0 aliphatic heterocycles. The molecule has 2 rings (SSSR count). The highest BCUT2D eigenvalue weighted by atomic mass is 32.1. The first-order chi connectivity index (χ1) is 9.61. The van der Waals surface area contributed by atoms with Crippen LogP contribution in [-0.4, -0.2) is 12.1 Å². The van der Waals surface area contributed by atoms with Gasteiger partial charge >= 0.3 is 0 Å². The smallest absolute Gasteiger partial charge is 0.106 e. The minimum Gasteiger partial charge on any atom is -0.389 e. The highest BCUT2D eigenvalue weighted by molar-refractivity contribution is 7.80. The molecule has 0 fully saturated rings. The molecule has 0 spiro atoms. The molecule has 104 valence electrons. The van der Waals surface area contributed by atoms with Gasteiger partial charge in [0.05, 0.1) is 6.61 Å². The second kappa shape index (κ2) is 6.50. The number of thiocarbonyl (C=S) groups is 1. The van der Waals surface area contributed by atoms with Gasteiger partial charge < -0.3 is 15.8 Å². The number of nitrogens with two attached hydrogens (primary N) is 1. The number of hydrogen-bond donors (Lipinski definition) is 2. The summed E-state index contributed by atoms with van der Waals surface area (Å²) >= 11 is 5.12. The van der Waals surface area contributed by atoms with Crippen molar-refractivity contribution >= 4 is 28.6 Å². The first kappa shape index (κ1) is 14.5. The summed E-state index contributed by atoms with van der Waals surface area (Å²) in [5.74, 6) is 0. The Labute approximate surface area is 124 Å². The molecule has 0 aromatic heterocycles.